The molecule has 134 valence electrons. The van der Waals surface area contributed by atoms with Gasteiger partial charge < -0.3 is 15.4 Å². The van der Waals surface area contributed by atoms with E-state index in [0.29, 0.717) is 16.5 Å². The number of amides is 1. The molecule has 0 aliphatic heterocycles. The molecule has 0 fully saturated rings. The molecule has 0 saturated carbocycles. The topological polar surface area (TPSA) is 50.4 Å². The second-order valence-electron chi connectivity index (χ2n) is 5.62. The average molecular weight is 387 g/mol. The molecule has 3 rings (SSSR count). The van der Waals surface area contributed by atoms with Gasteiger partial charge in [-0.3, -0.25) is 4.79 Å². The standard InChI is InChI=1S/C20H19ClN2O2S/c1-25-17-10-9-15(21)12-16(17)22-13-19(24)23-20(18-8-5-11-26-18)14-6-3-2-4-7-14/h2-12,20,22H,13H2,1H3,(H,23,24)/t20-/m0/s1. The Labute approximate surface area is 161 Å². The van der Waals surface area contributed by atoms with E-state index in [9.17, 15) is 4.79 Å². The average Bonchev–Trinajstić information content (AvgIpc) is 3.19. The third-order valence-corrected chi connectivity index (χ3v) is 5.04. The van der Waals surface area contributed by atoms with E-state index in [1.54, 1.807) is 36.6 Å². The Kier molecular flexibility index (Phi) is 6.15. The smallest absolute Gasteiger partial charge is 0.240 e. The Balaban J connectivity index is 1.70. The molecule has 2 aromatic carbocycles. The largest absolute Gasteiger partial charge is 0.495 e. The van der Waals surface area contributed by atoms with Crippen LogP contribution in [0.1, 0.15) is 16.5 Å². The van der Waals surface area contributed by atoms with Gasteiger partial charge in [0, 0.05) is 9.90 Å². The molecule has 0 radical (unpaired) electrons. The molecule has 0 saturated heterocycles. The van der Waals surface area contributed by atoms with Crippen molar-refractivity contribution in [2.45, 2.75) is 6.04 Å². The van der Waals surface area contributed by atoms with Crippen molar-refractivity contribution in [1.82, 2.24) is 5.32 Å². The first-order valence-corrected chi connectivity index (χ1v) is 9.38. The number of hydrogen-bond donors (Lipinski definition) is 2. The fraction of sp³-hybridized carbons (Fsp3) is 0.150. The van der Waals surface area contributed by atoms with Crippen molar-refractivity contribution in [2.75, 3.05) is 19.0 Å². The summed E-state index contributed by atoms with van der Waals surface area (Å²) in [6, 6.07) is 19.0. The summed E-state index contributed by atoms with van der Waals surface area (Å²) in [5.41, 5.74) is 1.73. The SMILES string of the molecule is COc1ccc(Cl)cc1NCC(=O)N[C@@H](c1ccccc1)c1cccs1. The van der Waals surface area contributed by atoms with Crippen LogP contribution in [0.2, 0.25) is 5.02 Å². The molecule has 1 heterocycles. The maximum Gasteiger partial charge on any atom is 0.240 e. The van der Waals surface area contributed by atoms with Crippen molar-refractivity contribution < 1.29 is 9.53 Å². The predicted molar refractivity (Wildman–Crippen MR) is 107 cm³/mol. The first-order valence-electron chi connectivity index (χ1n) is 8.12. The zero-order valence-corrected chi connectivity index (χ0v) is 15.8. The molecule has 0 spiro atoms. The zero-order chi connectivity index (χ0) is 18.4. The van der Waals surface area contributed by atoms with Gasteiger partial charge in [0.2, 0.25) is 5.91 Å². The molecule has 0 aliphatic carbocycles. The number of anilines is 1. The summed E-state index contributed by atoms with van der Waals surface area (Å²) in [6.45, 7) is 0.116. The van der Waals surface area contributed by atoms with E-state index in [0.717, 1.165) is 10.4 Å². The summed E-state index contributed by atoms with van der Waals surface area (Å²) in [6.07, 6.45) is 0. The lowest BCUT2D eigenvalue weighted by Gasteiger charge is -2.19. The minimum absolute atomic E-state index is 0.116. The second kappa shape index (κ2) is 8.74. The Hall–Kier alpha value is -2.50. The van der Waals surface area contributed by atoms with Gasteiger partial charge in [-0.2, -0.15) is 0 Å². The summed E-state index contributed by atoms with van der Waals surface area (Å²) in [7, 11) is 1.58. The maximum atomic E-state index is 12.5. The van der Waals surface area contributed by atoms with E-state index in [-0.39, 0.29) is 18.5 Å². The Morgan fingerprint density at radius 3 is 2.65 bits per heavy atom. The summed E-state index contributed by atoms with van der Waals surface area (Å²) >= 11 is 7.64. The van der Waals surface area contributed by atoms with Crippen molar-refractivity contribution in [3.8, 4) is 5.75 Å². The van der Waals surface area contributed by atoms with Gasteiger partial charge in [0.05, 0.1) is 25.4 Å². The molecule has 26 heavy (non-hydrogen) atoms. The van der Waals surface area contributed by atoms with E-state index < -0.39 is 0 Å². The molecule has 0 unspecified atom stereocenters. The van der Waals surface area contributed by atoms with Gasteiger partial charge in [-0.1, -0.05) is 48.0 Å². The lowest BCUT2D eigenvalue weighted by molar-refractivity contribution is -0.119. The van der Waals surface area contributed by atoms with Gasteiger partial charge >= 0.3 is 0 Å². The third-order valence-electron chi connectivity index (χ3n) is 3.87. The highest BCUT2D eigenvalue weighted by molar-refractivity contribution is 7.10. The number of ether oxygens (including phenoxy) is 1. The molecule has 1 aromatic heterocycles. The first kappa shape index (κ1) is 18.3. The van der Waals surface area contributed by atoms with E-state index in [1.165, 1.54) is 0 Å². The number of hydrogen-bond acceptors (Lipinski definition) is 4. The Morgan fingerprint density at radius 2 is 1.96 bits per heavy atom. The zero-order valence-electron chi connectivity index (χ0n) is 14.2. The Bertz CT molecular complexity index is 854. The number of rotatable bonds is 7. The van der Waals surface area contributed by atoms with E-state index >= 15 is 0 Å². The molecule has 6 heteroatoms. The molecule has 2 N–H and O–H groups in total. The highest BCUT2D eigenvalue weighted by Gasteiger charge is 2.17. The van der Waals surface area contributed by atoms with Gasteiger partial charge in [0.25, 0.3) is 0 Å². The molecule has 3 aromatic rings. The van der Waals surface area contributed by atoms with Gasteiger partial charge in [0.1, 0.15) is 5.75 Å². The number of thiophene rings is 1. The normalized spacial score (nSPS) is 11.6. The van der Waals surface area contributed by atoms with Crippen LogP contribution in [0.3, 0.4) is 0 Å². The summed E-state index contributed by atoms with van der Waals surface area (Å²) in [5, 5.41) is 8.77. The van der Waals surface area contributed by atoms with Crippen LogP contribution in [-0.4, -0.2) is 19.6 Å². The van der Waals surface area contributed by atoms with Crippen LogP contribution in [0, 0.1) is 0 Å². The number of methoxy groups -OCH3 is 1. The molecule has 1 atom stereocenters. The van der Waals surface area contributed by atoms with Crippen molar-refractivity contribution in [3.05, 3.63) is 81.5 Å². The number of nitrogens with one attached hydrogen (secondary N) is 2. The van der Waals surface area contributed by atoms with Crippen molar-refractivity contribution in [3.63, 3.8) is 0 Å². The second-order valence-corrected chi connectivity index (χ2v) is 7.04. The highest BCUT2D eigenvalue weighted by atomic mass is 35.5. The van der Waals surface area contributed by atoms with Crippen molar-refractivity contribution >= 4 is 34.5 Å². The lowest BCUT2D eigenvalue weighted by atomic mass is 10.1. The lowest BCUT2D eigenvalue weighted by Crippen LogP contribution is -2.33. The van der Waals surface area contributed by atoms with Crippen LogP contribution in [0.4, 0.5) is 5.69 Å². The van der Waals surface area contributed by atoms with E-state index in [1.807, 2.05) is 47.8 Å². The highest BCUT2D eigenvalue weighted by Crippen LogP contribution is 2.28. The fourth-order valence-corrected chi connectivity index (χ4v) is 3.60. The monoisotopic (exact) mass is 386 g/mol. The van der Waals surface area contributed by atoms with E-state index in [2.05, 4.69) is 10.6 Å². The van der Waals surface area contributed by atoms with Gasteiger partial charge in [-0.05, 0) is 35.2 Å². The summed E-state index contributed by atoms with van der Waals surface area (Å²) in [4.78, 5) is 13.6. The van der Waals surface area contributed by atoms with E-state index in [4.69, 9.17) is 16.3 Å². The van der Waals surface area contributed by atoms with Crippen LogP contribution >= 0.6 is 22.9 Å². The summed E-state index contributed by atoms with van der Waals surface area (Å²) < 4.78 is 5.29. The molecule has 1 amide bonds. The quantitative estimate of drug-likeness (QED) is 0.617. The van der Waals surface area contributed by atoms with Crippen molar-refractivity contribution in [2.24, 2.45) is 0 Å². The number of carbonyl (C=O) groups is 1. The molecule has 4 nitrogen and oxygen atoms in total. The fourth-order valence-electron chi connectivity index (χ4n) is 2.63. The van der Waals surface area contributed by atoms with Crippen LogP contribution in [0.25, 0.3) is 0 Å². The van der Waals surface area contributed by atoms with Crippen molar-refractivity contribution in [1.29, 1.82) is 0 Å². The minimum atomic E-state index is -0.174. The molecule has 0 bridgehead atoms. The molecular formula is C20H19ClN2O2S. The molecule has 0 aliphatic rings. The van der Waals surface area contributed by atoms with Crippen LogP contribution < -0.4 is 15.4 Å². The molecular weight excluding hydrogens is 368 g/mol. The van der Waals surface area contributed by atoms with Crippen LogP contribution in [0.15, 0.2) is 66.0 Å². The van der Waals surface area contributed by atoms with Gasteiger partial charge in [-0.25, -0.2) is 0 Å². The van der Waals surface area contributed by atoms with Gasteiger partial charge in [-0.15, -0.1) is 11.3 Å². The Morgan fingerprint density at radius 1 is 1.15 bits per heavy atom. The van der Waals surface area contributed by atoms with Gasteiger partial charge in [0.15, 0.2) is 0 Å². The number of carbonyl (C=O) groups excluding carboxylic acids is 1. The van der Waals surface area contributed by atoms with Crippen LogP contribution in [-0.2, 0) is 4.79 Å². The minimum Gasteiger partial charge on any atom is -0.495 e. The third kappa shape index (κ3) is 4.56. The first-order chi connectivity index (χ1) is 12.7. The number of halogens is 1. The van der Waals surface area contributed by atoms with Crippen LogP contribution in [0.5, 0.6) is 5.75 Å². The number of benzene rings is 2. The predicted octanol–water partition coefficient (Wildman–Crippen LogP) is 4.73. The summed E-state index contributed by atoms with van der Waals surface area (Å²) in [5.74, 6) is 0.523. The maximum absolute atomic E-state index is 12.5.